The van der Waals surface area contributed by atoms with Crippen molar-refractivity contribution in [1.29, 1.82) is 0 Å². The quantitative estimate of drug-likeness (QED) is 0.716. The number of ketones is 1. The summed E-state index contributed by atoms with van der Waals surface area (Å²) >= 11 is 1.49. The van der Waals surface area contributed by atoms with Gasteiger partial charge in [0, 0.05) is 5.56 Å². The Balaban J connectivity index is 2.96. The van der Waals surface area contributed by atoms with Crippen LogP contribution in [0.5, 0.6) is 0 Å². The van der Waals surface area contributed by atoms with E-state index in [4.69, 9.17) is 0 Å². The smallest absolute Gasteiger partial charge is 0.178 e. The fraction of sp³-hybridized carbons (Fsp3) is 0.364. The van der Waals surface area contributed by atoms with Gasteiger partial charge in [-0.05, 0) is 44.4 Å². The van der Waals surface area contributed by atoms with E-state index < -0.39 is 4.75 Å². The Kier molecular flexibility index (Phi) is 3.32. The molecule has 3 heteroatoms. The molecular weight excluding hydrogens is 199 g/mol. The standard InChI is InChI=1S/C11H13FOS/c1-11(2,14-3)10(13)8-4-6-9(12)7-5-8/h4-7H,1-3H3. The Bertz CT molecular complexity index is 330. The van der Waals surface area contributed by atoms with Crippen molar-refractivity contribution < 1.29 is 9.18 Å². The van der Waals surface area contributed by atoms with E-state index in [1.807, 2.05) is 20.1 Å². The van der Waals surface area contributed by atoms with Crippen molar-refractivity contribution in [2.24, 2.45) is 0 Å². The van der Waals surface area contributed by atoms with E-state index in [9.17, 15) is 9.18 Å². The lowest BCUT2D eigenvalue weighted by Gasteiger charge is -2.19. The summed E-state index contributed by atoms with van der Waals surface area (Å²) in [4.78, 5) is 11.9. The van der Waals surface area contributed by atoms with Gasteiger partial charge in [-0.25, -0.2) is 4.39 Å². The predicted molar refractivity (Wildman–Crippen MR) is 58.3 cm³/mol. The molecule has 0 saturated carbocycles. The van der Waals surface area contributed by atoms with Crippen LogP contribution in [-0.4, -0.2) is 16.8 Å². The minimum atomic E-state index is -0.447. The first kappa shape index (κ1) is 11.2. The second kappa shape index (κ2) is 4.13. The van der Waals surface area contributed by atoms with Gasteiger partial charge in [0.15, 0.2) is 5.78 Å². The van der Waals surface area contributed by atoms with Gasteiger partial charge in [0.25, 0.3) is 0 Å². The van der Waals surface area contributed by atoms with E-state index in [1.165, 1.54) is 36.0 Å². The van der Waals surface area contributed by atoms with Gasteiger partial charge in [0.2, 0.25) is 0 Å². The number of halogens is 1. The molecule has 0 heterocycles. The zero-order valence-electron chi connectivity index (χ0n) is 8.50. The van der Waals surface area contributed by atoms with Crippen LogP contribution < -0.4 is 0 Å². The Labute approximate surface area is 87.7 Å². The number of hydrogen-bond acceptors (Lipinski definition) is 2. The van der Waals surface area contributed by atoms with Gasteiger partial charge in [-0.15, -0.1) is 0 Å². The highest BCUT2D eigenvalue weighted by Gasteiger charge is 2.27. The van der Waals surface area contributed by atoms with Gasteiger partial charge in [-0.1, -0.05) is 0 Å². The monoisotopic (exact) mass is 212 g/mol. The van der Waals surface area contributed by atoms with Gasteiger partial charge in [0.1, 0.15) is 5.82 Å². The van der Waals surface area contributed by atoms with Crippen LogP contribution in [0.15, 0.2) is 24.3 Å². The third-order valence-corrected chi connectivity index (χ3v) is 3.37. The summed E-state index contributed by atoms with van der Waals surface area (Å²) in [5, 5.41) is 0. The lowest BCUT2D eigenvalue weighted by Crippen LogP contribution is -2.27. The lowest BCUT2D eigenvalue weighted by atomic mass is 10.0. The second-order valence-corrected chi connectivity index (χ2v) is 4.98. The van der Waals surface area contributed by atoms with Crippen molar-refractivity contribution in [3.05, 3.63) is 35.6 Å². The first-order chi connectivity index (χ1) is 6.47. The number of benzene rings is 1. The van der Waals surface area contributed by atoms with Crippen LogP contribution in [0.3, 0.4) is 0 Å². The van der Waals surface area contributed by atoms with Crippen LogP contribution in [0.1, 0.15) is 24.2 Å². The fourth-order valence-corrected chi connectivity index (χ4v) is 1.34. The van der Waals surface area contributed by atoms with E-state index >= 15 is 0 Å². The van der Waals surface area contributed by atoms with E-state index in [-0.39, 0.29) is 11.6 Å². The SMILES string of the molecule is CSC(C)(C)C(=O)c1ccc(F)cc1. The number of hydrogen-bond donors (Lipinski definition) is 0. The molecule has 0 aliphatic carbocycles. The van der Waals surface area contributed by atoms with E-state index in [0.717, 1.165) is 0 Å². The molecule has 0 atom stereocenters. The maximum Gasteiger partial charge on any atom is 0.178 e. The van der Waals surface area contributed by atoms with E-state index in [1.54, 1.807) is 0 Å². The number of carbonyl (C=O) groups excluding carboxylic acids is 1. The molecule has 1 rings (SSSR count). The molecule has 0 bridgehead atoms. The largest absolute Gasteiger partial charge is 0.293 e. The second-order valence-electron chi connectivity index (χ2n) is 3.55. The summed E-state index contributed by atoms with van der Waals surface area (Å²) in [7, 11) is 0. The van der Waals surface area contributed by atoms with Crippen molar-refractivity contribution in [2.75, 3.05) is 6.26 Å². The summed E-state index contributed by atoms with van der Waals surface area (Å²) in [6.07, 6.45) is 1.89. The molecule has 76 valence electrons. The van der Waals surface area contributed by atoms with Crippen LogP contribution in [0.2, 0.25) is 0 Å². The maximum absolute atomic E-state index is 12.6. The van der Waals surface area contributed by atoms with Crippen molar-refractivity contribution in [2.45, 2.75) is 18.6 Å². The molecule has 1 aromatic carbocycles. The topological polar surface area (TPSA) is 17.1 Å². The molecule has 0 saturated heterocycles. The molecule has 0 aromatic heterocycles. The molecule has 0 aliphatic heterocycles. The van der Waals surface area contributed by atoms with Gasteiger partial charge in [0.05, 0.1) is 4.75 Å². The Morgan fingerprint density at radius 1 is 1.29 bits per heavy atom. The zero-order valence-corrected chi connectivity index (χ0v) is 9.32. The first-order valence-corrected chi connectivity index (χ1v) is 5.55. The van der Waals surface area contributed by atoms with Gasteiger partial charge in [-0.2, -0.15) is 11.8 Å². The summed E-state index contributed by atoms with van der Waals surface area (Å²) in [5.74, 6) is -0.284. The molecule has 0 aliphatic rings. The van der Waals surface area contributed by atoms with Crippen LogP contribution in [0.25, 0.3) is 0 Å². The molecule has 0 spiro atoms. The number of thioether (sulfide) groups is 1. The molecule has 0 unspecified atom stereocenters. The van der Waals surface area contributed by atoms with Crippen molar-refractivity contribution >= 4 is 17.5 Å². The summed E-state index contributed by atoms with van der Waals surface area (Å²) in [6, 6.07) is 5.67. The fourth-order valence-electron chi connectivity index (χ4n) is 1.04. The van der Waals surface area contributed by atoms with Gasteiger partial charge in [-0.3, -0.25) is 4.79 Å². The van der Waals surface area contributed by atoms with E-state index in [0.29, 0.717) is 5.56 Å². The van der Waals surface area contributed by atoms with Crippen LogP contribution >= 0.6 is 11.8 Å². The zero-order chi connectivity index (χ0) is 10.8. The molecular formula is C11H13FOS. The van der Waals surface area contributed by atoms with Crippen molar-refractivity contribution in [3.8, 4) is 0 Å². The molecule has 0 N–H and O–H groups in total. The Morgan fingerprint density at radius 3 is 2.21 bits per heavy atom. The highest BCUT2D eigenvalue weighted by Crippen LogP contribution is 2.26. The summed E-state index contributed by atoms with van der Waals surface area (Å²) in [5.41, 5.74) is 0.561. The number of Topliss-reactive ketones (excluding diaryl/α,β-unsaturated/α-hetero) is 1. The third-order valence-electron chi connectivity index (χ3n) is 2.16. The van der Waals surface area contributed by atoms with Crippen LogP contribution in [0.4, 0.5) is 4.39 Å². The first-order valence-electron chi connectivity index (χ1n) is 4.33. The van der Waals surface area contributed by atoms with Crippen LogP contribution in [0, 0.1) is 5.82 Å². The molecule has 0 radical (unpaired) electrons. The number of rotatable bonds is 3. The normalized spacial score (nSPS) is 11.4. The molecule has 0 fully saturated rings. The van der Waals surface area contributed by atoms with Gasteiger partial charge >= 0.3 is 0 Å². The number of carbonyl (C=O) groups is 1. The Hall–Kier alpha value is -0.830. The highest BCUT2D eigenvalue weighted by atomic mass is 32.2. The Morgan fingerprint density at radius 2 is 1.79 bits per heavy atom. The molecule has 1 aromatic rings. The predicted octanol–water partition coefficient (Wildman–Crippen LogP) is 3.15. The maximum atomic E-state index is 12.6. The van der Waals surface area contributed by atoms with Gasteiger partial charge < -0.3 is 0 Å². The van der Waals surface area contributed by atoms with E-state index in [2.05, 4.69) is 0 Å². The van der Waals surface area contributed by atoms with Crippen molar-refractivity contribution in [3.63, 3.8) is 0 Å². The minimum Gasteiger partial charge on any atom is -0.293 e. The van der Waals surface area contributed by atoms with Crippen molar-refractivity contribution in [1.82, 2.24) is 0 Å². The third kappa shape index (κ3) is 2.35. The molecule has 14 heavy (non-hydrogen) atoms. The van der Waals surface area contributed by atoms with Crippen LogP contribution in [-0.2, 0) is 0 Å². The average molecular weight is 212 g/mol. The molecule has 0 amide bonds. The summed E-state index contributed by atoms with van der Waals surface area (Å²) in [6.45, 7) is 3.73. The molecule has 1 nitrogen and oxygen atoms in total. The average Bonchev–Trinajstić information content (AvgIpc) is 2.18. The summed E-state index contributed by atoms with van der Waals surface area (Å²) < 4.78 is 12.2. The highest BCUT2D eigenvalue weighted by molar-refractivity contribution is 8.00. The lowest BCUT2D eigenvalue weighted by molar-refractivity contribution is 0.0958. The minimum absolute atomic E-state index is 0.0324.